The summed E-state index contributed by atoms with van der Waals surface area (Å²) in [5.74, 6) is 1.21. The van der Waals surface area contributed by atoms with Gasteiger partial charge in [0.1, 0.15) is 0 Å². The number of para-hydroxylation sites is 1. The van der Waals surface area contributed by atoms with Gasteiger partial charge in [-0.1, -0.05) is 24.3 Å². The SMILES string of the molecule is COc1ccc(CN2CCN(C(C)c3nc(N)nc(Nc4ccccc4)n3)CC2)cc1F. The zero-order valence-corrected chi connectivity index (χ0v) is 18.3. The lowest BCUT2D eigenvalue weighted by Crippen LogP contribution is -2.47. The topological polar surface area (TPSA) is 92.4 Å². The van der Waals surface area contributed by atoms with E-state index < -0.39 is 0 Å². The van der Waals surface area contributed by atoms with Crippen LogP contribution in [0.15, 0.2) is 48.5 Å². The Bertz CT molecular complexity index is 1040. The highest BCUT2D eigenvalue weighted by atomic mass is 19.1. The number of hydrogen-bond acceptors (Lipinski definition) is 8. The van der Waals surface area contributed by atoms with Crippen molar-refractivity contribution in [2.24, 2.45) is 0 Å². The molecule has 0 saturated carbocycles. The van der Waals surface area contributed by atoms with E-state index in [1.165, 1.54) is 7.11 Å². The number of hydrogen-bond donors (Lipinski definition) is 2. The maximum absolute atomic E-state index is 14.0. The first-order valence-corrected chi connectivity index (χ1v) is 10.6. The Morgan fingerprint density at radius 1 is 1.06 bits per heavy atom. The van der Waals surface area contributed by atoms with Gasteiger partial charge in [-0.05, 0) is 36.8 Å². The van der Waals surface area contributed by atoms with Gasteiger partial charge in [0, 0.05) is 38.4 Å². The van der Waals surface area contributed by atoms with Crippen LogP contribution in [-0.2, 0) is 6.54 Å². The first kappa shape index (κ1) is 21.9. The summed E-state index contributed by atoms with van der Waals surface area (Å²) in [5, 5.41) is 3.18. The van der Waals surface area contributed by atoms with Gasteiger partial charge < -0.3 is 15.8 Å². The molecule has 1 fully saturated rings. The number of nitrogens with one attached hydrogen (secondary N) is 1. The summed E-state index contributed by atoms with van der Waals surface area (Å²) >= 11 is 0. The lowest BCUT2D eigenvalue weighted by Gasteiger charge is -2.37. The van der Waals surface area contributed by atoms with E-state index >= 15 is 0 Å². The van der Waals surface area contributed by atoms with Gasteiger partial charge in [-0.3, -0.25) is 9.80 Å². The minimum Gasteiger partial charge on any atom is -0.494 e. The lowest BCUT2D eigenvalue weighted by molar-refractivity contribution is 0.0947. The molecule has 2 aromatic carbocycles. The van der Waals surface area contributed by atoms with E-state index in [0.717, 1.165) is 37.4 Å². The molecule has 2 heterocycles. The molecule has 1 atom stereocenters. The molecule has 0 aliphatic carbocycles. The third-order valence-corrected chi connectivity index (χ3v) is 5.65. The molecular formula is C23H28FN7O. The number of piperazine rings is 1. The Kier molecular flexibility index (Phi) is 6.77. The summed E-state index contributed by atoms with van der Waals surface area (Å²) in [5.41, 5.74) is 7.78. The third kappa shape index (κ3) is 5.30. The number of rotatable bonds is 7. The third-order valence-electron chi connectivity index (χ3n) is 5.65. The molecule has 0 bridgehead atoms. The van der Waals surface area contributed by atoms with Crippen LogP contribution in [0.5, 0.6) is 5.75 Å². The van der Waals surface area contributed by atoms with Crippen LogP contribution in [0.3, 0.4) is 0 Å². The molecule has 1 unspecified atom stereocenters. The van der Waals surface area contributed by atoms with Gasteiger partial charge in [0.25, 0.3) is 0 Å². The Morgan fingerprint density at radius 3 is 2.50 bits per heavy atom. The number of nitrogens with zero attached hydrogens (tertiary/aromatic N) is 5. The molecule has 3 aromatic rings. The summed E-state index contributed by atoms with van der Waals surface area (Å²) < 4.78 is 19.0. The van der Waals surface area contributed by atoms with Crippen molar-refractivity contribution in [2.75, 3.05) is 44.3 Å². The van der Waals surface area contributed by atoms with E-state index in [9.17, 15) is 4.39 Å². The van der Waals surface area contributed by atoms with Crippen LogP contribution in [0.4, 0.5) is 22.0 Å². The van der Waals surface area contributed by atoms with E-state index in [1.807, 2.05) is 36.4 Å². The van der Waals surface area contributed by atoms with E-state index in [2.05, 4.69) is 37.0 Å². The summed E-state index contributed by atoms with van der Waals surface area (Å²) in [6, 6.07) is 14.8. The second-order valence-corrected chi connectivity index (χ2v) is 7.82. The second-order valence-electron chi connectivity index (χ2n) is 7.82. The van der Waals surface area contributed by atoms with Crippen molar-refractivity contribution in [3.63, 3.8) is 0 Å². The monoisotopic (exact) mass is 437 g/mol. The normalized spacial score (nSPS) is 16.0. The minimum absolute atomic E-state index is 0.00259. The summed E-state index contributed by atoms with van der Waals surface area (Å²) in [7, 11) is 1.47. The minimum atomic E-state index is -0.329. The van der Waals surface area contributed by atoms with Crippen LogP contribution in [0.25, 0.3) is 0 Å². The number of anilines is 3. The van der Waals surface area contributed by atoms with Crippen LogP contribution in [0.2, 0.25) is 0 Å². The highest BCUT2D eigenvalue weighted by molar-refractivity contribution is 5.53. The number of aromatic nitrogens is 3. The van der Waals surface area contributed by atoms with Crippen LogP contribution in [-0.4, -0.2) is 58.0 Å². The maximum atomic E-state index is 14.0. The Balaban J connectivity index is 1.37. The first-order valence-electron chi connectivity index (χ1n) is 10.6. The van der Waals surface area contributed by atoms with E-state index in [1.54, 1.807) is 12.1 Å². The highest BCUT2D eigenvalue weighted by Gasteiger charge is 2.25. The largest absolute Gasteiger partial charge is 0.494 e. The van der Waals surface area contributed by atoms with E-state index in [-0.39, 0.29) is 23.6 Å². The van der Waals surface area contributed by atoms with E-state index in [4.69, 9.17) is 10.5 Å². The molecule has 32 heavy (non-hydrogen) atoms. The van der Waals surface area contributed by atoms with Crippen molar-refractivity contribution in [1.29, 1.82) is 0 Å². The number of methoxy groups -OCH3 is 1. The fourth-order valence-corrected chi connectivity index (χ4v) is 3.84. The van der Waals surface area contributed by atoms with Gasteiger partial charge in [-0.15, -0.1) is 0 Å². The van der Waals surface area contributed by atoms with Crippen molar-refractivity contribution in [3.05, 3.63) is 65.7 Å². The van der Waals surface area contributed by atoms with Crippen molar-refractivity contribution < 1.29 is 9.13 Å². The Hall–Kier alpha value is -3.30. The molecule has 9 heteroatoms. The summed E-state index contributed by atoms with van der Waals surface area (Å²) in [6.07, 6.45) is 0. The molecule has 0 amide bonds. The fourth-order valence-electron chi connectivity index (χ4n) is 3.84. The first-order chi connectivity index (χ1) is 15.5. The van der Waals surface area contributed by atoms with Crippen molar-refractivity contribution in [3.8, 4) is 5.75 Å². The van der Waals surface area contributed by atoms with Crippen LogP contribution >= 0.6 is 0 Å². The van der Waals surface area contributed by atoms with Gasteiger partial charge >= 0.3 is 0 Å². The summed E-state index contributed by atoms with van der Waals surface area (Å²) in [6.45, 7) is 6.23. The molecule has 8 nitrogen and oxygen atoms in total. The predicted octanol–water partition coefficient (Wildman–Crippen LogP) is 3.22. The maximum Gasteiger partial charge on any atom is 0.232 e. The zero-order chi connectivity index (χ0) is 22.5. The van der Waals surface area contributed by atoms with Gasteiger partial charge in [-0.25, -0.2) is 4.39 Å². The van der Waals surface area contributed by atoms with Crippen LogP contribution in [0, 0.1) is 5.82 Å². The molecule has 1 aromatic heterocycles. The van der Waals surface area contributed by atoms with Crippen molar-refractivity contribution in [1.82, 2.24) is 24.8 Å². The number of halogens is 1. The molecule has 1 aliphatic rings. The number of nitrogen functional groups attached to an aromatic ring is 1. The quantitative estimate of drug-likeness (QED) is 0.582. The fraction of sp³-hybridized carbons (Fsp3) is 0.348. The molecule has 1 saturated heterocycles. The number of nitrogens with two attached hydrogens (primary N) is 1. The van der Waals surface area contributed by atoms with Crippen LogP contribution in [0.1, 0.15) is 24.4 Å². The average Bonchev–Trinajstić information content (AvgIpc) is 2.79. The number of ether oxygens (including phenoxy) is 1. The van der Waals surface area contributed by atoms with Crippen LogP contribution < -0.4 is 15.8 Å². The van der Waals surface area contributed by atoms with Gasteiger partial charge in [0.15, 0.2) is 17.4 Å². The molecule has 0 radical (unpaired) electrons. The molecule has 1 aliphatic heterocycles. The summed E-state index contributed by atoms with van der Waals surface area (Å²) in [4.78, 5) is 17.8. The van der Waals surface area contributed by atoms with Crippen molar-refractivity contribution >= 4 is 17.6 Å². The van der Waals surface area contributed by atoms with Crippen molar-refractivity contribution in [2.45, 2.75) is 19.5 Å². The Labute approximate surface area is 187 Å². The smallest absolute Gasteiger partial charge is 0.232 e. The number of benzene rings is 2. The predicted molar refractivity (Wildman–Crippen MR) is 122 cm³/mol. The zero-order valence-electron chi connectivity index (χ0n) is 18.3. The molecule has 0 spiro atoms. The second kappa shape index (κ2) is 9.88. The molecule has 3 N–H and O–H groups in total. The van der Waals surface area contributed by atoms with Gasteiger partial charge in [0.05, 0.1) is 13.2 Å². The van der Waals surface area contributed by atoms with Gasteiger partial charge in [0.2, 0.25) is 11.9 Å². The standard InChI is InChI=1S/C23H28FN7O/c1-16(21-27-22(25)29-23(28-21)26-18-6-4-3-5-7-18)31-12-10-30(11-13-31)15-17-8-9-20(32-2)19(24)14-17/h3-9,14,16H,10-13,15H2,1-2H3,(H3,25,26,27,28,29). The highest BCUT2D eigenvalue weighted by Crippen LogP contribution is 2.23. The average molecular weight is 438 g/mol. The van der Waals surface area contributed by atoms with Gasteiger partial charge in [-0.2, -0.15) is 15.0 Å². The molecule has 168 valence electrons. The Morgan fingerprint density at radius 2 is 1.81 bits per heavy atom. The van der Waals surface area contributed by atoms with E-state index in [0.29, 0.717) is 18.3 Å². The molecular weight excluding hydrogens is 409 g/mol. The molecule has 4 rings (SSSR count). The lowest BCUT2D eigenvalue weighted by atomic mass is 10.1.